The predicted octanol–water partition coefficient (Wildman–Crippen LogP) is 6.58. The third kappa shape index (κ3) is 7.36. The number of ether oxygens (including phenoxy) is 1. The number of carbonyl (C=O) groups excluding carboxylic acids is 2. The summed E-state index contributed by atoms with van der Waals surface area (Å²) in [6.07, 6.45) is 4.64. The molecule has 0 bridgehead atoms. The van der Waals surface area contributed by atoms with E-state index in [-0.39, 0.29) is 30.7 Å². The maximum atomic E-state index is 13.5. The van der Waals surface area contributed by atoms with E-state index in [4.69, 9.17) is 9.15 Å². The lowest BCUT2D eigenvalue weighted by Gasteiger charge is -2.12. The molecule has 2 heterocycles. The Balaban J connectivity index is 1.35. The lowest BCUT2D eigenvalue weighted by Crippen LogP contribution is -2.28. The molecule has 0 saturated carbocycles. The summed E-state index contributed by atoms with van der Waals surface area (Å²) < 4.78 is 12.1. The summed E-state index contributed by atoms with van der Waals surface area (Å²) in [6.45, 7) is 1.93. The molecule has 0 aliphatic carbocycles. The molecular formula is C31H25BrN4O5S. The zero-order chi connectivity index (χ0) is 29.5. The minimum absolute atomic E-state index is 0.0504. The minimum atomic E-state index is -0.305. The first-order valence-electron chi connectivity index (χ1n) is 12.8. The van der Waals surface area contributed by atoms with Crippen molar-refractivity contribution in [1.29, 1.82) is 0 Å². The maximum absolute atomic E-state index is 13.5. The van der Waals surface area contributed by atoms with Gasteiger partial charge in [-0.1, -0.05) is 51.8 Å². The van der Waals surface area contributed by atoms with Crippen molar-refractivity contribution < 1.29 is 23.8 Å². The molecule has 0 atom stereocenters. The average Bonchev–Trinajstić information content (AvgIpc) is 3.60. The number of hydrogen-bond donors (Lipinski definition) is 2. The number of rotatable bonds is 9. The number of furan rings is 1. The van der Waals surface area contributed by atoms with Gasteiger partial charge in [0, 0.05) is 21.3 Å². The number of halogens is 1. The van der Waals surface area contributed by atoms with Crippen LogP contribution in [0.4, 0.5) is 5.69 Å². The van der Waals surface area contributed by atoms with Crippen LogP contribution in [0.15, 0.2) is 109 Å². The summed E-state index contributed by atoms with van der Waals surface area (Å²) in [5, 5.41) is 21.7. The van der Waals surface area contributed by atoms with E-state index in [1.54, 1.807) is 54.6 Å². The topological polar surface area (TPSA) is 117 Å². The van der Waals surface area contributed by atoms with E-state index >= 15 is 0 Å². The fraction of sp³-hybridized carbons (Fsp3) is 0.0968. The van der Waals surface area contributed by atoms with Gasteiger partial charge in [-0.25, -0.2) is 0 Å². The third-order valence-corrected chi connectivity index (χ3v) is 7.50. The summed E-state index contributed by atoms with van der Waals surface area (Å²) in [4.78, 5) is 27.8. The van der Waals surface area contributed by atoms with E-state index in [9.17, 15) is 14.7 Å². The summed E-state index contributed by atoms with van der Waals surface area (Å²) in [5.74, 6) is 0.483. The molecular weight excluding hydrogens is 620 g/mol. The van der Waals surface area contributed by atoms with Gasteiger partial charge in [0.25, 0.3) is 11.8 Å². The van der Waals surface area contributed by atoms with Crippen molar-refractivity contribution in [2.75, 3.05) is 11.9 Å². The molecule has 2 amide bonds. The SMILES string of the molecule is Cc1ccc(NC(=O)COc2ccccc2/C=C2\S/C(=N\N=C\c3cc(Br)ccc3O)N(Cc3ccco3)C2=O)cc1. The average molecular weight is 646 g/mol. The van der Waals surface area contributed by atoms with E-state index in [2.05, 4.69) is 31.4 Å². The van der Waals surface area contributed by atoms with Gasteiger partial charge < -0.3 is 19.6 Å². The van der Waals surface area contributed by atoms with Gasteiger partial charge in [0.15, 0.2) is 11.8 Å². The number of phenols is 1. The number of aromatic hydroxyl groups is 1. The molecule has 2 N–H and O–H groups in total. The van der Waals surface area contributed by atoms with Crippen molar-refractivity contribution in [2.24, 2.45) is 10.2 Å². The van der Waals surface area contributed by atoms with Crippen molar-refractivity contribution in [3.63, 3.8) is 0 Å². The highest BCUT2D eigenvalue weighted by Gasteiger charge is 2.34. The summed E-state index contributed by atoms with van der Waals surface area (Å²) in [5.41, 5.74) is 2.86. The van der Waals surface area contributed by atoms with E-state index in [0.717, 1.165) is 21.8 Å². The smallest absolute Gasteiger partial charge is 0.267 e. The molecule has 1 aliphatic heterocycles. The van der Waals surface area contributed by atoms with Crippen molar-refractivity contribution in [3.05, 3.63) is 117 Å². The number of amides is 2. The van der Waals surface area contributed by atoms with Crippen LogP contribution in [0.5, 0.6) is 11.5 Å². The lowest BCUT2D eigenvalue weighted by atomic mass is 10.2. The van der Waals surface area contributed by atoms with Crippen LogP contribution in [0.3, 0.4) is 0 Å². The van der Waals surface area contributed by atoms with Crippen molar-refractivity contribution in [1.82, 2.24) is 4.90 Å². The van der Waals surface area contributed by atoms with Gasteiger partial charge in [-0.15, -0.1) is 5.10 Å². The Morgan fingerprint density at radius 2 is 1.90 bits per heavy atom. The van der Waals surface area contributed by atoms with Crippen LogP contribution in [0, 0.1) is 6.92 Å². The van der Waals surface area contributed by atoms with Gasteiger partial charge in [-0.3, -0.25) is 14.5 Å². The van der Waals surface area contributed by atoms with E-state index < -0.39 is 0 Å². The van der Waals surface area contributed by atoms with Crippen molar-refractivity contribution in [3.8, 4) is 11.5 Å². The van der Waals surface area contributed by atoms with Gasteiger partial charge in [0.1, 0.15) is 17.3 Å². The number of nitrogens with one attached hydrogen (secondary N) is 1. The molecule has 42 heavy (non-hydrogen) atoms. The number of nitrogens with zero attached hydrogens (tertiary/aromatic N) is 3. The van der Waals surface area contributed by atoms with Crippen LogP contribution in [0.25, 0.3) is 6.08 Å². The number of amidine groups is 1. The molecule has 1 fully saturated rings. The van der Waals surface area contributed by atoms with Gasteiger partial charge >= 0.3 is 0 Å². The van der Waals surface area contributed by atoms with Crippen LogP contribution in [-0.2, 0) is 16.1 Å². The van der Waals surface area contributed by atoms with Crippen molar-refractivity contribution >= 4 is 62.7 Å². The monoisotopic (exact) mass is 644 g/mol. The Bertz CT molecular complexity index is 1680. The second-order valence-corrected chi connectivity index (χ2v) is 11.1. The minimum Gasteiger partial charge on any atom is -0.507 e. The molecule has 9 nitrogen and oxygen atoms in total. The van der Waals surface area contributed by atoms with Gasteiger partial charge in [-0.05, 0) is 73.3 Å². The van der Waals surface area contributed by atoms with E-state index in [1.165, 1.54) is 17.4 Å². The first kappa shape index (κ1) is 28.9. The van der Waals surface area contributed by atoms with Crippen LogP contribution < -0.4 is 10.1 Å². The fourth-order valence-electron chi connectivity index (χ4n) is 3.90. The quantitative estimate of drug-likeness (QED) is 0.121. The number of thioether (sulfide) groups is 1. The summed E-state index contributed by atoms with van der Waals surface area (Å²) in [7, 11) is 0. The molecule has 5 rings (SSSR count). The van der Waals surface area contributed by atoms with Gasteiger partial charge in [0.05, 0.1) is 23.9 Å². The highest BCUT2D eigenvalue weighted by molar-refractivity contribution is 9.10. The molecule has 1 aliphatic rings. The number of benzene rings is 3. The van der Waals surface area contributed by atoms with Crippen LogP contribution in [0.1, 0.15) is 22.5 Å². The Kier molecular flexibility index (Phi) is 9.20. The van der Waals surface area contributed by atoms with Crippen molar-refractivity contribution in [2.45, 2.75) is 13.5 Å². The molecule has 212 valence electrons. The van der Waals surface area contributed by atoms with Gasteiger partial charge in [0.2, 0.25) is 0 Å². The second kappa shape index (κ2) is 13.4. The number of hydrogen-bond acceptors (Lipinski definition) is 8. The number of phenolic OH excluding ortho intramolecular Hbond substituents is 1. The summed E-state index contributed by atoms with van der Waals surface area (Å²) in [6, 6.07) is 23.1. The highest BCUT2D eigenvalue weighted by atomic mass is 79.9. The Hall–Kier alpha value is -4.61. The number of carbonyl (C=O) groups is 2. The zero-order valence-electron chi connectivity index (χ0n) is 22.4. The summed E-state index contributed by atoms with van der Waals surface area (Å²) >= 11 is 4.52. The number of anilines is 1. The molecule has 0 radical (unpaired) electrons. The Morgan fingerprint density at radius 3 is 2.69 bits per heavy atom. The number of para-hydroxylation sites is 1. The lowest BCUT2D eigenvalue weighted by molar-refractivity contribution is -0.122. The second-order valence-electron chi connectivity index (χ2n) is 9.15. The number of aryl methyl sites for hydroxylation is 1. The molecule has 3 aromatic carbocycles. The molecule has 0 spiro atoms. The van der Waals surface area contributed by atoms with Gasteiger partial charge in [-0.2, -0.15) is 5.10 Å². The Morgan fingerprint density at radius 1 is 1.10 bits per heavy atom. The maximum Gasteiger partial charge on any atom is 0.267 e. The Labute approximate surface area is 254 Å². The molecule has 11 heteroatoms. The van der Waals surface area contributed by atoms with E-state index in [1.807, 2.05) is 37.3 Å². The van der Waals surface area contributed by atoms with Crippen LogP contribution >= 0.6 is 27.7 Å². The first-order chi connectivity index (χ1) is 20.4. The highest BCUT2D eigenvalue weighted by Crippen LogP contribution is 2.35. The molecule has 0 unspecified atom stereocenters. The zero-order valence-corrected chi connectivity index (χ0v) is 24.8. The first-order valence-corrected chi connectivity index (χ1v) is 14.4. The molecule has 1 saturated heterocycles. The predicted molar refractivity (Wildman–Crippen MR) is 167 cm³/mol. The standard InChI is InChI=1S/C31H25BrN4O5S/c1-20-8-11-24(12-9-20)34-29(38)19-41-27-7-3-2-5-21(27)16-28-30(39)36(18-25-6-4-14-40-25)31(42-28)35-33-17-22-15-23(32)10-13-26(22)37/h2-17,37H,18-19H2,1H3,(H,34,38)/b28-16-,33-17+,35-31-. The fourth-order valence-corrected chi connectivity index (χ4v) is 5.20. The van der Waals surface area contributed by atoms with E-state index in [0.29, 0.717) is 38.4 Å². The molecule has 1 aromatic heterocycles. The molecule has 4 aromatic rings. The van der Waals surface area contributed by atoms with Crippen LogP contribution in [-0.4, -0.2) is 39.8 Å². The third-order valence-electron chi connectivity index (χ3n) is 6.01. The van der Waals surface area contributed by atoms with Crippen LogP contribution in [0.2, 0.25) is 0 Å². The largest absolute Gasteiger partial charge is 0.507 e. The normalized spacial score (nSPS) is 15.2.